The average Bonchev–Trinajstić information content (AvgIpc) is 2.59. The molecule has 2 aliphatic carbocycles. The van der Waals surface area contributed by atoms with Crippen LogP contribution >= 0.6 is 0 Å². The zero-order valence-electron chi connectivity index (χ0n) is 5.88. The van der Waals surface area contributed by atoms with Crippen molar-refractivity contribution in [2.75, 3.05) is 0 Å². The van der Waals surface area contributed by atoms with Gasteiger partial charge in [0, 0.05) is 0 Å². The third-order valence-electron chi connectivity index (χ3n) is 1.95. The Hall–Kier alpha value is -0.443. The molecular formula is C10H11Li. The molecule has 0 bridgehead atoms. The van der Waals surface area contributed by atoms with Gasteiger partial charge in [-0.1, -0.05) is 36.5 Å². The molecule has 52 valence electrons. The van der Waals surface area contributed by atoms with E-state index >= 15 is 0 Å². The molecular weight excluding hydrogens is 127 g/mol. The van der Waals surface area contributed by atoms with E-state index in [4.69, 9.17) is 0 Å². The Morgan fingerprint density at radius 1 is 0.818 bits per heavy atom. The fraction of sp³-hybridized carbons (Fsp3) is 0.200. The molecule has 0 amide bonds. The molecule has 0 aromatic heterocycles. The maximum absolute atomic E-state index is 2.21. The summed E-state index contributed by atoms with van der Waals surface area (Å²) in [6, 6.07) is 0. The summed E-state index contributed by atoms with van der Waals surface area (Å²) in [5.74, 6) is 0. The van der Waals surface area contributed by atoms with Gasteiger partial charge < -0.3 is 0 Å². The maximum atomic E-state index is 2.21. The summed E-state index contributed by atoms with van der Waals surface area (Å²) in [6.07, 6.45) is 15.4. The summed E-state index contributed by atoms with van der Waals surface area (Å²) in [5, 5.41) is 0. The predicted molar refractivity (Wildman–Crippen MR) is 50.8 cm³/mol. The van der Waals surface area contributed by atoms with E-state index in [1.54, 1.807) is 0 Å². The van der Waals surface area contributed by atoms with Crippen molar-refractivity contribution in [2.24, 2.45) is 0 Å². The van der Waals surface area contributed by atoms with E-state index in [1.165, 1.54) is 11.1 Å². The standard InChI is InChI=1S/C10H10.Li.H/c1-2-6-9(5-1)10-7-3-4-8-10;;/h1-5,7H,6,8H2;;. The first-order valence-electron chi connectivity index (χ1n) is 3.68. The Morgan fingerprint density at radius 3 is 1.55 bits per heavy atom. The van der Waals surface area contributed by atoms with E-state index in [-0.39, 0.29) is 18.9 Å². The minimum absolute atomic E-state index is 0. The molecule has 0 saturated heterocycles. The summed E-state index contributed by atoms with van der Waals surface area (Å²) >= 11 is 0. The van der Waals surface area contributed by atoms with E-state index in [0.717, 1.165) is 12.8 Å². The van der Waals surface area contributed by atoms with Crippen LogP contribution in [0, 0.1) is 0 Å². The van der Waals surface area contributed by atoms with Crippen LogP contribution < -0.4 is 0 Å². The van der Waals surface area contributed by atoms with Crippen molar-refractivity contribution >= 4 is 18.9 Å². The molecule has 1 heteroatoms. The Balaban J connectivity index is 0.000000605. The molecule has 0 aromatic carbocycles. The first-order chi connectivity index (χ1) is 4.97. The summed E-state index contributed by atoms with van der Waals surface area (Å²) < 4.78 is 0. The molecule has 0 fully saturated rings. The topological polar surface area (TPSA) is 0 Å². The second-order valence-electron chi connectivity index (χ2n) is 2.65. The molecule has 0 spiro atoms. The van der Waals surface area contributed by atoms with E-state index < -0.39 is 0 Å². The molecule has 0 heterocycles. The summed E-state index contributed by atoms with van der Waals surface area (Å²) in [7, 11) is 0. The Morgan fingerprint density at radius 2 is 1.27 bits per heavy atom. The fourth-order valence-electron chi connectivity index (χ4n) is 1.37. The first kappa shape index (κ1) is 8.65. The van der Waals surface area contributed by atoms with Crippen LogP contribution in [0.5, 0.6) is 0 Å². The van der Waals surface area contributed by atoms with Crippen LogP contribution in [0.3, 0.4) is 0 Å². The summed E-state index contributed by atoms with van der Waals surface area (Å²) in [5.41, 5.74) is 2.98. The monoisotopic (exact) mass is 138 g/mol. The van der Waals surface area contributed by atoms with Gasteiger partial charge in [0.05, 0.1) is 0 Å². The van der Waals surface area contributed by atoms with Crippen LogP contribution in [0.4, 0.5) is 0 Å². The molecule has 0 saturated carbocycles. The molecule has 0 radical (unpaired) electrons. The Kier molecular flexibility index (Phi) is 3.00. The summed E-state index contributed by atoms with van der Waals surface area (Å²) in [6.45, 7) is 0. The van der Waals surface area contributed by atoms with Crippen molar-refractivity contribution in [3.63, 3.8) is 0 Å². The average molecular weight is 138 g/mol. The first-order valence-corrected chi connectivity index (χ1v) is 3.68. The Bertz CT molecular complexity index is 226. The second-order valence-corrected chi connectivity index (χ2v) is 2.65. The second kappa shape index (κ2) is 3.81. The molecule has 0 unspecified atom stereocenters. The van der Waals surface area contributed by atoms with E-state index in [9.17, 15) is 0 Å². The number of hydrogen-bond acceptors (Lipinski definition) is 0. The number of rotatable bonds is 1. The molecule has 11 heavy (non-hydrogen) atoms. The van der Waals surface area contributed by atoms with Crippen LogP contribution in [-0.2, 0) is 0 Å². The van der Waals surface area contributed by atoms with Gasteiger partial charge in [0.1, 0.15) is 0 Å². The fourth-order valence-corrected chi connectivity index (χ4v) is 1.37. The number of allylic oxidation sites excluding steroid dienone is 8. The van der Waals surface area contributed by atoms with Crippen molar-refractivity contribution in [2.45, 2.75) is 12.8 Å². The normalized spacial score (nSPS) is 19.6. The van der Waals surface area contributed by atoms with E-state index in [2.05, 4.69) is 36.5 Å². The van der Waals surface area contributed by atoms with Gasteiger partial charge in [-0.15, -0.1) is 0 Å². The third kappa shape index (κ3) is 1.77. The van der Waals surface area contributed by atoms with E-state index in [0.29, 0.717) is 0 Å². The molecule has 0 atom stereocenters. The van der Waals surface area contributed by atoms with Gasteiger partial charge in [-0.25, -0.2) is 0 Å². The third-order valence-corrected chi connectivity index (χ3v) is 1.95. The predicted octanol–water partition coefficient (Wildman–Crippen LogP) is 2.11. The van der Waals surface area contributed by atoms with Crippen LogP contribution in [0.1, 0.15) is 12.8 Å². The summed E-state index contributed by atoms with van der Waals surface area (Å²) in [4.78, 5) is 0. The van der Waals surface area contributed by atoms with E-state index in [1.807, 2.05) is 0 Å². The SMILES string of the molecule is C1=CCC(C2=CC=CC2)=C1.[LiH]. The van der Waals surface area contributed by atoms with Crippen LogP contribution in [0.2, 0.25) is 0 Å². The number of hydrogen-bond donors (Lipinski definition) is 0. The minimum atomic E-state index is 0. The van der Waals surface area contributed by atoms with Gasteiger partial charge in [0.25, 0.3) is 0 Å². The Labute approximate surface area is 79.6 Å². The molecule has 2 aliphatic rings. The molecule has 0 N–H and O–H groups in total. The zero-order valence-corrected chi connectivity index (χ0v) is 5.88. The van der Waals surface area contributed by atoms with Crippen molar-refractivity contribution in [1.82, 2.24) is 0 Å². The quantitative estimate of drug-likeness (QED) is 0.487. The molecule has 2 rings (SSSR count). The van der Waals surface area contributed by atoms with Gasteiger partial charge in [-0.3, -0.25) is 0 Å². The molecule has 0 nitrogen and oxygen atoms in total. The van der Waals surface area contributed by atoms with Crippen LogP contribution in [0.15, 0.2) is 47.6 Å². The van der Waals surface area contributed by atoms with Crippen molar-refractivity contribution in [3.8, 4) is 0 Å². The van der Waals surface area contributed by atoms with Crippen molar-refractivity contribution in [3.05, 3.63) is 47.6 Å². The van der Waals surface area contributed by atoms with Gasteiger partial charge >= 0.3 is 18.9 Å². The zero-order chi connectivity index (χ0) is 6.81. The van der Waals surface area contributed by atoms with Crippen molar-refractivity contribution < 1.29 is 0 Å². The van der Waals surface area contributed by atoms with Gasteiger partial charge in [0.15, 0.2) is 0 Å². The van der Waals surface area contributed by atoms with Crippen molar-refractivity contribution in [1.29, 1.82) is 0 Å². The van der Waals surface area contributed by atoms with Crippen LogP contribution in [-0.4, -0.2) is 18.9 Å². The molecule has 0 aromatic rings. The van der Waals surface area contributed by atoms with Gasteiger partial charge in [-0.2, -0.15) is 0 Å². The van der Waals surface area contributed by atoms with Gasteiger partial charge in [-0.05, 0) is 24.0 Å². The van der Waals surface area contributed by atoms with Crippen LogP contribution in [0.25, 0.3) is 0 Å². The molecule has 0 aliphatic heterocycles. The van der Waals surface area contributed by atoms with Gasteiger partial charge in [0.2, 0.25) is 0 Å².